The minimum Gasteiger partial charge on any atom is -0.489 e. The molecule has 0 spiro atoms. The Morgan fingerprint density at radius 2 is 1.92 bits per heavy atom. The van der Waals surface area contributed by atoms with Crippen molar-refractivity contribution in [3.8, 4) is 5.75 Å². The predicted molar refractivity (Wildman–Crippen MR) is 154 cm³/mol. The third kappa shape index (κ3) is 6.39. The van der Waals surface area contributed by atoms with E-state index in [1.165, 1.54) is 38.2 Å². The quantitative estimate of drug-likeness (QED) is 0.275. The van der Waals surface area contributed by atoms with Gasteiger partial charge in [0.1, 0.15) is 10.8 Å². The number of hydrogen-bond acceptors (Lipinski definition) is 8. The van der Waals surface area contributed by atoms with Gasteiger partial charge in [-0.2, -0.15) is 4.98 Å². The highest BCUT2D eigenvalue weighted by Crippen LogP contribution is 2.37. The van der Waals surface area contributed by atoms with Gasteiger partial charge < -0.3 is 20.7 Å². The summed E-state index contributed by atoms with van der Waals surface area (Å²) in [6.07, 6.45) is -1.46. The van der Waals surface area contributed by atoms with E-state index in [9.17, 15) is 9.79 Å². The molecule has 3 aromatic rings. The zero-order chi connectivity index (χ0) is 35.4. The maximum Gasteiger partial charge on any atom is 0.229 e. The van der Waals surface area contributed by atoms with Crippen molar-refractivity contribution in [2.24, 2.45) is 0 Å². The van der Waals surface area contributed by atoms with Gasteiger partial charge in [-0.05, 0) is 102 Å². The molecule has 1 aromatic heterocycles. The van der Waals surface area contributed by atoms with E-state index in [1.807, 2.05) is 0 Å². The molecule has 0 saturated carbocycles. The minimum atomic E-state index is -3.69. The Balaban J connectivity index is 1.84. The molecule has 8 nitrogen and oxygen atoms in total. The van der Waals surface area contributed by atoms with E-state index >= 15 is 0 Å². The van der Waals surface area contributed by atoms with Crippen LogP contribution < -0.4 is 20.7 Å². The number of nitrogens with zero attached hydrogens (tertiary/aromatic N) is 2. The van der Waals surface area contributed by atoms with Crippen LogP contribution in [0.15, 0.2) is 47.5 Å². The van der Waals surface area contributed by atoms with Gasteiger partial charge >= 0.3 is 0 Å². The monoisotopic (exact) mass is 566 g/mol. The number of para-hydroxylation sites is 1. The summed E-state index contributed by atoms with van der Waals surface area (Å²) in [5.41, 5.74) is -0.346. The molecule has 0 bridgehead atoms. The van der Waals surface area contributed by atoms with Crippen LogP contribution in [-0.2, 0) is 9.84 Å². The summed E-state index contributed by atoms with van der Waals surface area (Å²) < 4.78 is 107. The first-order valence-electron chi connectivity index (χ1n) is 16.4. The number of halogens is 1. The van der Waals surface area contributed by atoms with Crippen molar-refractivity contribution in [3.05, 3.63) is 58.7 Å². The average molecular weight is 567 g/mol. The Morgan fingerprint density at radius 1 is 1.18 bits per heavy atom. The fourth-order valence-corrected chi connectivity index (χ4v) is 5.07. The van der Waals surface area contributed by atoms with Crippen LogP contribution in [0.2, 0.25) is 5.02 Å². The number of ether oxygens (including phenoxy) is 1. The molecule has 2 heterocycles. The van der Waals surface area contributed by atoms with Crippen molar-refractivity contribution in [2.75, 3.05) is 23.6 Å². The van der Waals surface area contributed by atoms with E-state index in [0.29, 0.717) is 0 Å². The largest absolute Gasteiger partial charge is 0.489 e. The number of sulfone groups is 1. The molecule has 3 N–H and O–H groups in total. The number of hydrogen-bond donors (Lipinski definition) is 3. The highest BCUT2D eigenvalue weighted by Gasteiger charge is 2.24. The Morgan fingerprint density at radius 3 is 2.61 bits per heavy atom. The highest BCUT2D eigenvalue weighted by atomic mass is 35.5. The maximum atomic E-state index is 13.0. The maximum absolute atomic E-state index is 13.0. The van der Waals surface area contributed by atoms with Gasteiger partial charge in [0, 0.05) is 11.0 Å². The first kappa shape index (κ1) is 18.4. The zero-order valence-electron chi connectivity index (χ0n) is 30.4. The average Bonchev–Trinajstić information content (AvgIpc) is 2.88. The Bertz CT molecular complexity index is 1750. The predicted octanol–water partition coefficient (Wildman–Crippen LogP) is 6.36. The summed E-state index contributed by atoms with van der Waals surface area (Å²) in [5, 5.41) is 7.37. The first-order chi connectivity index (χ1) is 21.3. The second-order valence-electron chi connectivity index (χ2n) is 9.07. The standard InChI is InChI=1S/C28H36ClN5O3S/c1-17(2)37-25-15-21(20-10-12-30-13-11-20)19(5)14-24(25)33-28-31-16-22(29)27(34-28)32-23-8-6-7-9-26(23)38(35,36)18(3)4/h6-9,14-18,20,30H,10-13H2,1-5H3,(H2,31,32,33,34)/i5D3,12D2,13D2,17D,20D. The van der Waals surface area contributed by atoms with Crippen molar-refractivity contribution in [2.45, 2.75) is 69.5 Å². The van der Waals surface area contributed by atoms with Gasteiger partial charge in [-0.1, -0.05) is 23.7 Å². The van der Waals surface area contributed by atoms with E-state index in [1.54, 1.807) is 32.0 Å². The molecule has 0 radical (unpaired) electrons. The molecule has 0 atom stereocenters. The van der Waals surface area contributed by atoms with Crippen molar-refractivity contribution >= 4 is 44.6 Å². The summed E-state index contributed by atoms with van der Waals surface area (Å²) in [6, 6.07) is 8.61. The summed E-state index contributed by atoms with van der Waals surface area (Å²) in [4.78, 5) is 8.57. The van der Waals surface area contributed by atoms with Crippen LogP contribution in [-0.4, -0.2) is 42.7 Å². The highest BCUT2D eigenvalue weighted by molar-refractivity contribution is 7.92. The van der Waals surface area contributed by atoms with Gasteiger partial charge in [-0.3, -0.25) is 0 Å². The lowest BCUT2D eigenvalue weighted by Crippen LogP contribution is -2.27. The molecular formula is C28H36ClN5O3S. The van der Waals surface area contributed by atoms with Gasteiger partial charge in [0.15, 0.2) is 15.7 Å². The summed E-state index contributed by atoms with van der Waals surface area (Å²) in [5.74, 6) is -2.23. The van der Waals surface area contributed by atoms with Crippen molar-refractivity contribution in [3.63, 3.8) is 0 Å². The minimum absolute atomic E-state index is 0.0141. The number of aryl methyl sites for hydroxylation is 1. The van der Waals surface area contributed by atoms with Gasteiger partial charge in [0.25, 0.3) is 0 Å². The van der Waals surface area contributed by atoms with Crippen LogP contribution in [0.3, 0.4) is 0 Å². The van der Waals surface area contributed by atoms with Crippen LogP contribution in [0.1, 0.15) is 69.9 Å². The van der Waals surface area contributed by atoms with Crippen LogP contribution in [0, 0.1) is 6.85 Å². The molecule has 2 aromatic carbocycles. The Kier molecular flexibility index (Phi) is 5.76. The van der Waals surface area contributed by atoms with E-state index < -0.39 is 59.7 Å². The SMILES string of the molecule is [2H]C1([2H])CC([2H])(c2cc(OC([2H])(C)C)c(Nc3ncc(Cl)c(Nc4ccccc4S(=O)(=O)C(C)C)n3)cc2C([2H])([2H])[2H])CC([2H])([2H])N1. The van der Waals surface area contributed by atoms with Crippen molar-refractivity contribution in [1.29, 1.82) is 0 Å². The lowest BCUT2D eigenvalue weighted by atomic mass is 9.87. The van der Waals surface area contributed by atoms with Crippen LogP contribution in [0.4, 0.5) is 23.1 Å². The van der Waals surface area contributed by atoms with Crippen molar-refractivity contribution in [1.82, 2.24) is 15.3 Å². The molecule has 0 unspecified atom stereocenters. The first-order valence-corrected chi connectivity index (χ1v) is 13.8. The molecule has 0 amide bonds. The number of nitrogens with one attached hydrogen (secondary N) is 3. The van der Waals surface area contributed by atoms with E-state index in [-0.39, 0.29) is 49.9 Å². The van der Waals surface area contributed by atoms with Crippen molar-refractivity contribution < 1.29 is 25.5 Å². The summed E-state index contributed by atoms with van der Waals surface area (Å²) in [6.45, 7) is -1.54. The molecule has 204 valence electrons. The van der Waals surface area contributed by atoms with Gasteiger partial charge in [0.2, 0.25) is 5.95 Å². The fourth-order valence-electron chi connectivity index (χ4n) is 3.73. The number of rotatable bonds is 9. The number of aromatic nitrogens is 2. The topological polar surface area (TPSA) is 105 Å². The second-order valence-corrected chi connectivity index (χ2v) is 11.9. The molecule has 0 aliphatic carbocycles. The van der Waals surface area contributed by atoms with Gasteiger partial charge in [-0.15, -0.1) is 0 Å². The molecule has 1 aliphatic heterocycles. The molecule has 4 rings (SSSR count). The molecule has 1 aliphatic rings. The summed E-state index contributed by atoms with van der Waals surface area (Å²) >= 11 is 6.37. The molecular weight excluding hydrogens is 522 g/mol. The summed E-state index contributed by atoms with van der Waals surface area (Å²) in [7, 11) is -3.69. The van der Waals surface area contributed by atoms with Gasteiger partial charge in [0.05, 0.1) is 35.2 Å². The van der Waals surface area contributed by atoms with E-state index in [0.717, 1.165) is 0 Å². The fraction of sp³-hybridized carbons (Fsp3) is 0.429. The smallest absolute Gasteiger partial charge is 0.229 e. The Hall–Kier alpha value is -2.88. The van der Waals surface area contributed by atoms with Crippen LogP contribution >= 0.6 is 11.6 Å². The molecule has 1 fully saturated rings. The molecule has 1 saturated heterocycles. The zero-order valence-corrected chi connectivity index (χ0v) is 23.0. The number of anilines is 4. The molecule has 38 heavy (non-hydrogen) atoms. The molecule has 10 heteroatoms. The van der Waals surface area contributed by atoms with E-state index in [4.69, 9.17) is 27.3 Å². The third-order valence-electron chi connectivity index (χ3n) is 5.65. The lowest BCUT2D eigenvalue weighted by Gasteiger charge is -2.26. The number of piperidine rings is 1. The Labute approximate surface area is 243 Å². The van der Waals surface area contributed by atoms with Crippen LogP contribution in [0.25, 0.3) is 0 Å². The lowest BCUT2D eigenvalue weighted by molar-refractivity contribution is 0.243. The number of benzene rings is 2. The van der Waals surface area contributed by atoms with Crippen LogP contribution in [0.5, 0.6) is 5.75 Å². The second kappa shape index (κ2) is 11.9. The third-order valence-corrected chi connectivity index (χ3v) is 8.14. The van der Waals surface area contributed by atoms with Gasteiger partial charge in [-0.25, -0.2) is 13.4 Å². The normalized spacial score (nSPS) is 22.2. The van der Waals surface area contributed by atoms with E-state index in [2.05, 4.69) is 25.9 Å².